The predicted octanol–water partition coefficient (Wildman–Crippen LogP) is 1.94. The summed E-state index contributed by atoms with van der Waals surface area (Å²) in [5, 5.41) is 10.5. The van der Waals surface area contributed by atoms with Gasteiger partial charge < -0.3 is 5.32 Å². The zero-order valence-electron chi connectivity index (χ0n) is 10.5. The van der Waals surface area contributed by atoms with E-state index in [1.165, 1.54) is 0 Å². The molecule has 0 radical (unpaired) electrons. The van der Waals surface area contributed by atoms with Crippen molar-refractivity contribution in [3.8, 4) is 0 Å². The first-order valence-corrected chi connectivity index (χ1v) is 6.95. The van der Waals surface area contributed by atoms with Gasteiger partial charge in [-0.1, -0.05) is 23.4 Å². The molecule has 0 aliphatic heterocycles. The van der Waals surface area contributed by atoms with Crippen LogP contribution in [0.5, 0.6) is 0 Å². The quantitative estimate of drug-likeness (QED) is 0.843. The van der Waals surface area contributed by atoms with Crippen molar-refractivity contribution >= 4 is 35.0 Å². The Morgan fingerprint density at radius 2 is 2.10 bits per heavy atom. The van der Waals surface area contributed by atoms with E-state index in [-0.39, 0.29) is 11.5 Å². The fraction of sp³-hybridized carbons (Fsp3) is 0.167. The Labute approximate surface area is 124 Å². The summed E-state index contributed by atoms with van der Waals surface area (Å²) in [6, 6.07) is 6.80. The van der Waals surface area contributed by atoms with Gasteiger partial charge in [0.05, 0.1) is 5.25 Å². The van der Waals surface area contributed by atoms with Gasteiger partial charge in [-0.15, -0.1) is 5.10 Å². The summed E-state index contributed by atoms with van der Waals surface area (Å²) in [6.07, 6.45) is 1.07. The Hall–Kier alpha value is -1.86. The maximum Gasteiger partial charge on any atom is 0.270 e. The van der Waals surface area contributed by atoms with Crippen LogP contribution >= 0.6 is 23.4 Å². The van der Waals surface area contributed by atoms with Crippen molar-refractivity contribution in [3.05, 3.63) is 45.8 Å². The number of carbonyl (C=O) groups is 1. The van der Waals surface area contributed by atoms with Crippen molar-refractivity contribution in [3.63, 3.8) is 0 Å². The number of benzene rings is 1. The molecule has 0 saturated heterocycles. The highest BCUT2D eigenvalue weighted by Gasteiger charge is 2.16. The van der Waals surface area contributed by atoms with Crippen LogP contribution in [0.25, 0.3) is 0 Å². The van der Waals surface area contributed by atoms with Crippen LogP contribution in [0.3, 0.4) is 0 Å². The maximum absolute atomic E-state index is 12.0. The summed E-state index contributed by atoms with van der Waals surface area (Å²) >= 11 is 6.89. The normalized spacial score (nSPS) is 11.9. The molecule has 0 saturated carbocycles. The molecule has 0 spiro atoms. The fourth-order valence-electron chi connectivity index (χ4n) is 1.35. The number of H-pyrrole nitrogens is 1. The zero-order valence-corrected chi connectivity index (χ0v) is 12.0. The number of hydrogen-bond donors (Lipinski definition) is 2. The minimum Gasteiger partial charge on any atom is -0.325 e. The van der Waals surface area contributed by atoms with E-state index in [1.54, 1.807) is 31.2 Å². The highest BCUT2D eigenvalue weighted by molar-refractivity contribution is 8.00. The number of aromatic nitrogens is 3. The van der Waals surface area contributed by atoms with E-state index in [4.69, 9.17) is 11.6 Å². The van der Waals surface area contributed by atoms with E-state index < -0.39 is 5.25 Å². The number of rotatable bonds is 4. The number of halogens is 1. The molecular weight excluding hydrogens is 300 g/mol. The summed E-state index contributed by atoms with van der Waals surface area (Å²) in [6.45, 7) is 1.71. The Morgan fingerprint density at radius 1 is 1.40 bits per heavy atom. The standard InChI is InChI=1S/C12H11ClN4O2S/c1-7(20-12-16-10(18)6-14-17-12)11(19)15-9-4-2-8(13)3-5-9/h2-7H,1H3,(H,15,19)(H,16,17,18)/t7-/m1/s1. The average Bonchev–Trinajstić information content (AvgIpc) is 2.41. The van der Waals surface area contributed by atoms with Crippen LogP contribution < -0.4 is 10.9 Å². The fourth-order valence-corrected chi connectivity index (χ4v) is 2.23. The zero-order chi connectivity index (χ0) is 14.5. The molecule has 0 unspecified atom stereocenters. The summed E-state index contributed by atoms with van der Waals surface area (Å²) in [5.41, 5.74) is 0.298. The lowest BCUT2D eigenvalue weighted by Gasteiger charge is -2.10. The first-order valence-electron chi connectivity index (χ1n) is 5.69. The molecule has 6 nitrogen and oxygen atoms in total. The van der Waals surface area contributed by atoms with Crippen molar-refractivity contribution in [2.75, 3.05) is 5.32 Å². The van der Waals surface area contributed by atoms with Gasteiger partial charge in [-0.05, 0) is 31.2 Å². The van der Waals surface area contributed by atoms with E-state index in [9.17, 15) is 9.59 Å². The SMILES string of the molecule is C[C@@H](Sc1nncc(=O)[nH]1)C(=O)Nc1ccc(Cl)cc1. The van der Waals surface area contributed by atoms with Crippen LogP contribution in [0.1, 0.15) is 6.92 Å². The molecule has 8 heteroatoms. The van der Waals surface area contributed by atoms with Crippen molar-refractivity contribution in [2.45, 2.75) is 17.3 Å². The lowest BCUT2D eigenvalue weighted by atomic mass is 10.3. The summed E-state index contributed by atoms with van der Waals surface area (Å²) < 4.78 is 0. The minimum atomic E-state index is -0.432. The summed E-state index contributed by atoms with van der Waals surface area (Å²) in [4.78, 5) is 25.6. The third-order valence-corrected chi connectivity index (χ3v) is 3.55. The van der Waals surface area contributed by atoms with Gasteiger partial charge in [-0.25, -0.2) is 0 Å². The molecule has 1 aromatic heterocycles. The summed E-state index contributed by atoms with van der Waals surface area (Å²) in [5.74, 6) is -0.205. The number of aromatic amines is 1. The van der Waals surface area contributed by atoms with Crippen LogP contribution in [0.2, 0.25) is 5.02 Å². The number of amides is 1. The molecule has 1 aromatic carbocycles. The lowest BCUT2D eigenvalue weighted by Crippen LogP contribution is -2.23. The van der Waals surface area contributed by atoms with Gasteiger partial charge in [0.15, 0.2) is 5.16 Å². The van der Waals surface area contributed by atoms with Crippen LogP contribution in [-0.4, -0.2) is 26.3 Å². The number of thioether (sulfide) groups is 1. The molecule has 2 rings (SSSR count). The van der Waals surface area contributed by atoms with Crippen molar-refractivity contribution in [2.24, 2.45) is 0 Å². The van der Waals surface area contributed by atoms with E-state index in [0.717, 1.165) is 18.0 Å². The smallest absolute Gasteiger partial charge is 0.270 e. The molecule has 1 amide bonds. The molecule has 0 aliphatic rings. The number of hydrogen-bond acceptors (Lipinski definition) is 5. The van der Waals surface area contributed by atoms with Crippen LogP contribution in [0.4, 0.5) is 5.69 Å². The maximum atomic E-state index is 12.0. The molecule has 1 heterocycles. The van der Waals surface area contributed by atoms with Gasteiger partial charge in [0, 0.05) is 10.7 Å². The Bertz CT molecular complexity index is 659. The van der Waals surface area contributed by atoms with E-state index in [2.05, 4.69) is 20.5 Å². The largest absolute Gasteiger partial charge is 0.325 e. The lowest BCUT2D eigenvalue weighted by molar-refractivity contribution is -0.115. The monoisotopic (exact) mass is 310 g/mol. The number of anilines is 1. The van der Waals surface area contributed by atoms with Crippen LogP contribution in [-0.2, 0) is 4.79 Å². The van der Waals surface area contributed by atoms with Crippen LogP contribution in [0, 0.1) is 0 Å². The second-order valence-corrected chi connectivity index (χ2v) is 5.66. The predicted molar refractivity (Wildman–Crippen MR) is 78.1 cm³/mol. The Morgan fingerprint density at radius 3 is 2.75 bits per heavy atom. The third kappa shape index (κ3) is 4.07. The molecule has 0 bridgehead atoms. The van der Waals surface area contributed by atoms with Gasteiger partial charge in [-0.2, -0.15) is 5.10 Å². The first kappa shape index (κ1) is 14.5. The average molecular weight is 311 g/mol. The molecule has 0 fully saturated rings. The highest BCUT2D eigenvalue weighted by atomic mass is 35.5. The van der Waals surface area contributed by atoms with E-state index in [1.807, 2.05) is 0 Å². The Kier molecular flexibility index (Phi) is 4.75. The molecule has 2 N–H and O–H groups in total. The van der Waals surface area contributed by atoms with Crippen molar-refractivity contribution < 1.29 is 4.79 Å². The van der Waals surface area contributed by atoms with Gasteiger partial charge in [0.25, 0.3) is 5.56 Å². The van der Waals surface area contributed by atoms with Gasteiger partial charge in [0.2, 0.25) is 5.91 Å². The van der Waals surface area contributed by atoms with Crippen molar-refractivity contribution in [1.82, 2.24) is 15.2 Å². The highest BCUT2D eigenvalue weighted by Crippen LogP contribution is 2.20. The molecule has 104 valence electrons. The summed E-state index contributed by atoms with van der Waals surface area (Å²) in [7, 11) is 0. The number of nitrogens with one attached hydrogen (secondary N) is 2. The van der Waals surface area contributed by atoms with Gasteiger partial charge >= 0.3 is 0 Å². The van der Waals surface area contributed by atoms with Gasteiger partial charge in [-0.3, -0.25) is 14.6 Å². The van der Waals surface area contributed by atoms with E-state index in [0.29, 0.717) is 15.9 Å². The van der Waals surface area contributed by atoms with Gasteiger partial charge in [0.1, 0.15) is 6.20 Å². The first-order chi connectivity index (χ1) is 9.54. The number of nitrogens with zero attached hydrogens (tertiary/aromatic N) is 2. The second kappa shape index (κ2) is 6.53. The van der Waals surface area contributed by atoms with Crippen molar-refractivity contribution in [1.29, 1.82) is 0 Å². The molecule has 0 aliphatic carbocycles. The third-order valence-electron chi connectivity index (χ3n) is 2.32. The molecular formula is C12H11ClN4O2S. The molecule has 2 aromatic rings. The molecule has 20 heavy (non-hydrogen) atoms. The minimum absolute atomic E-state index is 0.205. The van der Waals surface area contributed by atoms with E-state index >= 15 is 0 Å². The van der Waals surface area contributed by atoms with Crippen LogP contribution in [0.15, 0.2) is 40.4 Å². The second-order valence-electron chi connectivity index (χ2n) is 3.90. The molecule has 1 atom stereocenters. The Balaban J connectivity index is 1.98. The number of carbonyl (C=O) groups excluding carboxylic acids is 1. The topological polar surface area (TPSA) is 87.7 Å².